The average Bonchev–Trinajstić information content (AvgIpc) is 3.44. The summed E-state index contributed by atoms with van der Waals surface area (Å²) >= 11 is 0. The molecule has 0 radical (unpaired) electrons. The van der Waals surface area contributed by atoms with E-state index in [1.807, 2.05) is 25.1 Å². The summed E-state index contributed by atoms with van der Waals surface area (Å²) in [6.45, 7) is 0. The second kappa shape index (κ2) is 11.0. The van der Waals surface area contributed by atoms with Gasteiger partial charge in [-0.2, -0.15) is 0 Å². The number of ketones is 2. The van der Waals surface area contributed by atoms with E-state index in [-0.39, 0.29) is 35.5 Å². The standard InChI is InChI=1S/C33H36N4O10/c1-36(2)18-12-17-28(47-32(35-17)23-19(45-6)10-14(44-5)11-20(23)46-7)22-15(18)8-13-9-16-25(37(3)4)27(39)24(31(34)42)30(41)33(16,43)29(40)21(13)26(22)38/h10-13,16,25,38,41,43H,8-9H2,1-7H3,(H2,34,42)/t13?,16?,25-,33-/m0/s1. The fraction of sp³-hybridized carbons (Fsp3) is 0.394. The number of anilines is 1. The molecule has 1 aromatic heterocycles. The topological polar surface area (TPSA) is 198 Å². The molecule has 14 nitrogen and oxygen atoms in total. The van der Waals surface area contributed by atoms with Crippen molar-refractivity contribution < 1.29 is 48.3 Å². The predicted molar refractivity (Wildman–Crippen MR) is 170 cm³/mol. The van der Waals surface area contributed by atoms with Gasteiger partial charge in [0.1, 0.15) is 45.4 Å². The molecular weight excluding hydrogens is 612 g/mol. The lowest BCUT2D eigenvalue weighted by molar-refractivity contribution is -0.153. The minimum Gasteiger partial charge on any atom is -0.508 e. The molecule has 4 atom stereocenters. The van der Waals surface area contributed by atoms with Crippen LogP contribution in [0.3, 0.4) is 0 Å². The van der Waals surface area contributed by atoms with Crippen LogP contribution in [0.4, 0.5) is 5.69 Å². The first kappa shape index (κ1) is 31.9. The molecular formula is C33H36N4O10. The number of Topliss-reactive ketones (excluding diaryl/α,β-unsaturated/α-hetero) is 2. The molecule has 1 saturated carbocycles. The third kappa shape index (κ3) is 4.38. The van der Waals surface area contributed by atoms with Crippen LogP contribution in [0.2, 0.25) is 0 Å². The van der Waals surface area contributed by atoms with Gasteiger partial charge in [0.05, 0.1) is 32.9 Å². The van der Waals surface area contributed by atoms with E-state index in [4.69, 9.17) is 29.3 Å². The Hall–Kier alpha value is -5.08. The number of rotatable bonds is 7. The molecule has 0 saturated heterocycles. The number of aliphatic hydroxyl groups excluding tert-OH is 2. The Bertz CT molecular complexity index is 1920. The number of hydrogen-bond acceptors (Lipinski definition) is 13. The zero-order valence-electron chi connectivity index (χ0n) is 27.0. The molecule has 1 heterocycles. The van der Waals surface area contributed by atoms with Gasteiger partial charge in [0.15, 0.2) is 17.0 Å². The lowest BCUT2D eigenvalue weighted by Gasteiger charge is -2.50. The molecule has 14 heteroatoms. The molecule has 3 aliphatic rings. The van der Waals surface area contributed by atoms with Gasteiger partial charge in [-0.1, -0.05) is 0 Å². The van der Waals surface area contributed by atoms with Crippen molar-refractivity contribution in [2.24, 2.45) is 17.6 Å². The van der Waals surface area contributed by atoms with Gasteiger partial charge in [0.25, 0.3) is 5.91 Å². The summed E-state index contributed by atoms with van der Waals surface area (Å²) in [7, 11) is 11.3. The van der Waals surface area contributed by atoms with E-state index in [9.17, 15) is 29.7 Å². The maximum absolute atomic E-state index is 14.4. The molecule has 0 bridgehead atoms. The van der Waals surface area contributed by atoms with Crippen molar-refractivity contribution in [3.05, 3.63) is 46.2 Å². The highest BCUT2D eigenvalue weighted by Gasteiger charge is 2.64. The number of fused-ring (bicyclic) bond motifs is 5. The lowest BCUT2D eigenvalue weighted by atomic mass is 9.57. The van der Waals surface area contributed by atoms with Crippen molar-refractivity contribution in [3.63, 3.8) is 0 Å². The smallest absolute Gasteiger partial charge is 0.255 e. The molecule has 1 fully saturated rings. The summed E-state index contributed by atoms with van der Waals surface area (Å²) in [5.41, 5.74) is 4.18. The van der Waals surface area contributed by atoms with Crippen LogP contribution in [0.1, 0.15) is 17.5 Å². The number of amides is 1. The number of aromatic nitrogens is 1. The van der Waals surface area contributed by atoms with Gasteiger partial charge in [0, 0.05) is 43.4 Å². The number of likely N-dealkylation sites (N-methyl/N-ethyl adjacent to an activating group) is 1. The number of nitrogens with two attached hydrogens (primary N) is 1. The minimum atomic E-state index is -2.70. The Morgan fingerprint density at radius 1 is 1.02 bits per heavy atom. The molecule has 2 unspecified atom stereocenters. The Labute approximate surface area is 269 Å². The summed E-state index contributed by atoms with van der Waals surface area (Å²) in [6.07, 6.45) is 0.252. The normalized spacial score (nSPS) is 23.9. The first-order valence-electron chi connectivity index (χ1n) is 14.8. The van der Waals surface area contributed by atoms with Crippen molar-refractivity contribution in [2.75, 3.05) is 54.4 Å². The van der Waals surface area contributed by atoms with Crippen molar-refractivity contribution in [1.82, 2.24) is 9.88 Å². The van der Waals surface area contributed by atoms with Gasteiger partial charge >= 0.3 is 0 Å². The van der Waals surface area contributed by atoms with E-state index in [2.05, 4.69) is 0 Å². The Kier molecular flexibility index (Phi) is 7.48. The molecule has 6 rings (SSSR count). The lowest BCUT2D eigenvalue weighted by Crippen LogP contribution is -2.65. The second-order valence-electron chi connectivity index (χ2n) is 12.4. The molecule has 0 aliphatic heterocycles. The van der Waals surface area contributed by atoms with Gasteiger partial charge in [0.2, 0.25) is 11.7 Å². The summed E-state index contributed by atoms with van der Waals surface area (Å²) in [4.78, 5) is 48.1. The highest BCUT2D eigenvalue weighted by molar-refractivity contribution is 6.24. The molecule has 248 valence electrons. The van der Waals surface area contributed by atoms with E-state index in [1.165, 1.54) is 26.2 Å². The van der Waals surface area contributed by atoms with Crippen molar-refractivity contribution in [2.45, 2.75) is 24.5 Å². The van der Waals surface area contributed by atoms with Gasteiger partial charge in [-0.25, -0.2) is 4.98 Å². The number of carbonyl (C=O) groups is 3. The molecule has 3 aromatic rings. The van der Waals surface area contributed by atoms with Gasteiger partial charge in [-0.05, 0) is 44.5 Å². The maximum atomic E-state index is 14.4. The highest BCUT2D eigenvalue weighted by atomic mass is 16.5. The van der Waals surface area contributed by atoms with Crippen LogP contribution in [-0.2, 0) is 20.8 Å². The largest absolute Gasteiger partial charge is 0.508 e. The number of methoxy groups -OCH3 is 3. The summed E-state index contributed by atoms with van der Waals surface area (Å²) in [6, 6.07) is 3.95. The summed E-state index contributed by atoms with van der Waals surface area (Å²) < 4.78 is 22.9. The zero-order chi connectivity index (χ0) is 34.3. The van der Waals surface area contributed by atoms with E-state index < -0.39 is 58.0 Å². The average molecular weight is 649 g/mol. The predicted octanol–water partition coefficient (Wildman–Crippen LogP) is 2.16. The number of benzene rings is 2. The maximum Gasteiger partial charge on any atom is 0.255 e. The number of hydrogen-bond donors (Lipinski definition) is 4. The fourth-order valence-corrected chi connectivity index (χ4v) is 7.40. The Morgan fingerprint density at radius 3 is 2.19 bits per heavy atom. The molecule has 5 N–H and O–H groups in total. The van der Waals surface area contributed by atoms with Crippen LogP contribution in [0.5, 0.6) is 17.2 Å². The number of aliphatic hydroxyl groups is 3. The van der Waals surface area contributed by atoms with Crippen LogP contribution in [0, 0.1) is 11.8 Å². The molecule has 0 spiro atoms. The Balaban J connectivity index is 1.61. The van der Waals surface area contributed by atoms with Crippen LogP contribution in [0.25, 0.3) is 28.3 Å². The van der Waals surface area contributed by atoms with Crippen molar-refractivity contribution in [3.8, 4) is 28.7 Å². The first-order chi connectivity index (χ1) is 22.2. The van der Waals surface area contributed by atoms with Crippen LogP contribution in [-0.4, -0.2) is 104 Å². The molecule has 1 amide bonds. The van der Waals surface area contributed by atoms with Crippen LogP contribution in [0.15, 0.2) is 39.5 Å². The van der Waals surface area contributed by atoms with E-state index in [0.29, 0.717) is 39.6 Å². The van der Waals surface area contributed by atoms with Gasteiger partial charge in [-0.3, -0.25) is 19.3 Å². The van der Waals surface area contributed by atoms with E-state index >= 15 is 0 Å². The number of carbonyl (C=O) groups excluding carboxylic acids is 3. The molecule has 47 heavy (non-hydrogen) atoms. The Morgan fingerprint density at radius 2 is 1.66 bits per heavy atom. The number of oxazole rings is 1. The molecule has 2 aromatic carbocycles. The molecule has 3 aliphatic carbocycles. The number of nitrogens with zero attached hydrogens (tertiary/aromatic N) is 3. The van der Waals surface area contributed by atoms with E-state index in [1.54, 1.807) is 26.2 Å². The van der Waals surface area contributed by atoms with Gasteiger partial charge < -0.3 is 44.6 Å². The monoisotopic (exact) mass is 648 g/mol. The zero-order valence-corrected chi connectivity index (χ0v) is 27.0. The SMILES string of the molecule is COc1cc(OC)c(-c2nc3cc(N(C)C)c4c(c3o2)C(O)=C2C(=O)[C@]3(O)C(O)=C(C(N)=O)C(=O)[C@@H](N(C)C)C3CC2C4)c(OC)c1. The highest BCUT2D eigenvalue weighted by Crippen LogP contribution is 2.54. The van der Waals surface area contributed by atoms with Gasteiger partial charge in [-0.15, -0.1) is 0 Å². The van der Waals surface area contributed by atoms with Crippen molar-refractivity contribution >= 4 is 40.0 Å². The third-order valence-electron chi connectivity index (χ3n) is 9.49. The minimum absolute atomic E-state index is 0.0264. The third-order valence-corrected chi connectivity index (χ3v) is 9.49. The first-order valence-corrected chi connectivity index (χ1v) is 14.8. The van der Waals surface area contributed by atoms with Crippen LogP contribution < -0.4 is 24.8 Å². The number of primary amides is 1. The fourth-order valence-electron chi connectivity index (χ4n) is 7.40. The van der Waals surface area contributed by atoms with Crippen LogP contribution >= 0.6 is 0 Å². The van der Waals surface area contributed by atoms with Crippen molar-refractivity contribution in [1.29, 1.82) is 0 Å². The van der Waals surface area contributed by atoms with E-state index in [0.717, 1.165) is 0 Å². The summed E-state index contributed by atoms with van der Waals surface area (Å²) in [5.74, 6) is -5.18. The summed E-state index contributed by atoms with van der Waals surface area (Å²) in [5, 5.41) is 35.1. The number of ether oxygens (including phenoxy) is 3. The second-order valence-corrected chi connectivity index (χ2v) is 12.4. The quantitative estimate of drug-likeness (QED) is 0.272.